The summed E-state index contributed by atoms with van der Waals surface area (Å²) in [4.78, 5) is 22.4. The molecule has 16 heteroatoms. The van der Waals surface area contributed by atoms with Gasteiger partial charge in [-0.25, -0.2) is 4.79 Å². The standard InChI is InChI=1S/C21H40O4.2Ca.2H2O4S/c1-3-4-5-6-7-8-9-10-11-12-13-14-15-16-17-18-20(23)25-21(24)19(2)22;;;2*1-5(2,3)4/h19,22H,3-18H2,1-2H3;;;2*(H2,1,2,3,4)/q;2*+2;;/p-4. The van der Waals surface area contributed by atoms with E-state index < -0.39 is 38.8 Å². The van der Waals surface area contributed by atoms with Crippen LogP contribution in [0.5, 0.6) is 0 Å². The van der Waals surface area contributed by atoms with Gasteiger partial charge in [0.2, 0.25) is 0 Å². The molecule has 12 nitrogen and oxygen atoms in total. The monoisotopic (exact) mass is 628 g/mol. The topological polar surface area (TPSA) is 224 Å². The molecule has 0 aromatic carbocycles. The van der Waals surface area contributed by atoms with Gasteiger partial charge in [-0.05, 0) is 13.3 Å². The fourth-order valence-corrected chi connectivity index (χ4v) is 2.89. The first-order valence-corrected chi connectivity index (χ1v) is 14.5. The maximum atomic E-state index is 11.3. The van der Waals surface area contributed by atoms with Crippen molar-refractivity contribution in [2.75, 3.05) is 0 Å². The number of aliphatic hydroxyl groups excluding tert-OH is 1. The maximum Gasteiger partial charge on any atom is 2.00 e. The van der Waals surface area contributed by atoms with E-state index in [0.717, 1.165) is 19.3 Å². The SMILES string of the molecule is CCCCCCCCCCCCCCCCCC(=O)OC(=O)C(C)O.O=S(=O)([O-])[O-].O=S(=O)([O-])[O-].[Ca+2].[Ca+2]. The molecule has 0 radical (unpaired) electrons. The summed E-state index contributed by atoms with van der Waals surface area (Å²) < 4.78 is 72.7. The Labute approximate surface area is 282 Å². The summed E-state index contributed by atoms with van der Waals surface area (Å²) in [6.07, 6.45) is 18.2. The van der Waals surface area contributed by atoms with Gasteiger partial charge in [0.05, 0.1) is 0 Å². The normalized spacial score (nSPS) is 11.3. The second-order valence-corrected chi connectivity index (χ2v) is 9.62. The van der Waals surface area contributed by atoms with Gasteiger partial charge < -0.3 is 28.1 Å². The van der Waals surface area contributed by atoms with Crippen LogP contribution in [0.4, 0.5) is 0 Å². The van der Waals surface area contributed by atoms with E-state index in [0.29, 0.717) is 0 Å². The molecule has 1 N–H and O–H groups in total. The summed E-state index contributed by atoms with van der Waals surface area (Å²) in [6.45, 7) is 3.55. The van der Waals surface area contributed by atoms with Gasteiger partial charge in [0.1, 0.15) is 6.10 Å². The van der Waals surface area contributed by atoms with Gasteiger partial charge in [0.15, 0.2) is 0 Å². The average molecular weight is 629 g/mol. The molecule has 0 heterocycles. The van der Waals surface area contributed by atoms with Gasteiger partial charge in [0.25, 0.3) is 0 Å². The zero-order valence-electron chi connectivity index (χ0n) is 22.1. The van der Waals surface area contributed by atoms with Gasteiger partial charge >= 0.3 is 87.4 Å². The molecular formula is C21H40Ca2O12S2. The van der Waals surface area contributed by atoms with E-state index in [1.807, 2.05) is 0 Å². The van der Waals surface area contributed by atoms with Crippen LogP contribution in [0, 0.1) is 0 Å². The van der Waals surface area contributed by atoms with Crippen molar-refractivity contribution in [2.24, 2.45) is 0 Å². The van der Waals surface area contributed by atoms with Gasteiger partial charge in [-0.1, -0.05) is 96.8 Å². The summed E-state index contributed by atoms with van der Waals surface area (Å²) in [7, 11) is -10.3. The molecule has 0 spiro atoms. The molecule has 0 aliphatic heterocycles. The second kappa shape index (κ2) is 31.9. The third kappa shape index (κ3) is 67.2. The van der Waals surface area contributed by atoms with Gasteiger partial charge in [-0.2, -0.15) is 0 Å². The van der Waals surface area contributed by atoms with Crippen molar-refractivity contribution in [2.45, 2.75) is 123 Å². The molecule has 0 saturated carbocycles. The number of carbonyl (C=O) groups is 2. The largest absolute Gasteiger partial charge is 2.00 e. The molecule has 0 aliphatic rings. The molecule has 0 bridgehead atoms. The van der Waals surface area contributed by atoms with Crippen molar-refractivity contribution in [3.8, 4) is 0 Å². The molecule has 0 aromatic rings. The van der Waals surface area contributed by atoms with E-state index in [9.17, 15) is 9.59 Å². The molecule has 0 saturated heterocycles. The van der Waals surface area contributed by atoms with Crippen molar-refractivity contribution >= 4 is 108 Å². The van der Waals surface area contributed by atoms with E-state index in [1.54, 1.807) is 0 Å². The summed E-state index contributed by atoms with van der Waals surface area (Å²) in [5, 5.41) is 8.95. The minimum Gasteiger partial charge on any atom is -0.759 e. The summed E-state index contributed by atoms with van der Waals surface area (Å²) in [5.74, 6) is -1.38. The Morgan fingerprint density at radius 2 is 0.892 bits per heavy atom. The fourth-order valence-electron chi connectivity index (χ4n) is 2.89. The molecule has 0 rings (SSSR count). The van der Waals surface area contributed by atoms with Gasteiger partial charge in [-0.3, -0.25) is 21.6 Å². The first kappa shape index (κ1) is 48.1. The van der Waals surface area contributed by atoms with Crippen molar-refractivity contribution < 1.29 is 54.5 Å². The molecule has 0 amide bonds. The van der Waals surface area contributed by atoms with Crippen molar-refractivity contribution in [1.29, 1.82) is 0 Å². The van der Waals surface area contributed by atoms with Crippen LogP contribution in [-0.4, -0.2) is 134 Å². The first-order chi connectivity index (χ1) is 16.1. The number of aliphatic hydroxyl groups is 1. The zero-order chi connectivity index (χ0) is 27.8. The summed E-state index contributed by atoms with van der Waals surface area (Å²) >= 11 is 0. The molecule has 0 aliphatic carbocycles. The smallest absolute Gasteiger partial charge is 0.759 e. The third-order valence-corrected chi connectivity index (χ3v) is 4.54. The van der Waals surface area contributed by atoms with Crippen LogP contribution >= 0.6 is 0 Å². The molecule has 212 valence electrons. The van der Waals surface area contributed by atoms with Crippen LogP contribution < -0.4 is 0 Å². The number of unbranched alkanes of at least 4 members (excludes halogenated alkanes) is 14. The fraction of sp³-hybridized carbons (Fsp3) is 0.905. The Morgan fingerprint density at radius 1 is 0.649 bits per heavy atom. The summed E-state index contributed by atoms with van der Waals surface area (Å²) in [5.41, 5.74) is 0. The molecule has 37 heavy (non-hydrogen) atoms. The van der Waals surface area contributed by atoms with Crippen LogP contribution in [0.25, 0.3) is 0 Å². The van der Waals surface area contributed by atoms with E-state index in [-0.39, 0.29) is 81.9 Å². The minimum absolute atomic E-state index is 0. The number of esters is 2. The van der Waals surface area contributed by atoms with Gasteiger partial charge in [-0.15, -0.1) is 0 Å². The van der Waals surface area contributed by atoms with Crippen molar-refractivity contribution in [1.82, 2.24) is 0 Å². The Bertz CT molecular complexity index is 684. The summed E-state index contributed by atoms with van der Waals surface area (Å²) in [6, 6.07) is 0. The van der Waals surface area contributed by atoms with Crippen LogP contribution in [-0.2, 0) is 35.1 Å². The molecular weight excluding hydrogens is 589 g/mol. The Kier molecular flexibility index (Phi) is 41.5. The Hall–Kier alpha value is 1.36. The van der Waals surface area contributed by atoms with E-state index in [2.05, 4.69) is 11.7 Å². The van der Waals surface area contributed by atoms with Crippen molar-refractivity contribution in [3.05, 3.63) is 0 Å². The van der Waals surface area contributed by atoms with Crippen molar-refractivity contribution in [3.63, 3.8) is 0 Å². The number of ether oxygens (including phenoxy) is 1. The molecule has 0 fully saturated rings. The maximum absolute atomic E-state index is 11.3. The quantitative estimate of drug-likeness (QED) is 0.0611. The zero-order valence-corrected chi connectivity index (χ0v) is 28.1. The molecule has 1 atom stereocenters. The second-order valence-electron chi connectivity index (χ2n) is 7.99. The van der Waals surface area contributed by atoms with Gasteiger partial charge in [0, 0.05) is 27.2 Å². The number of hydrogen-bond acceptors (Lipinski definition) is 12. The average Bonchev–Trinajstić information content (AvgIpc) is 2.68. The number of hydrogen-bond donors (Lipinski definition) is 1. The van der Waals surface area contributed by atoms with E-state index >= 15 is 0 Å². The number of carbonyl (C=O) groups excluding carboxylic acids is 2. The Balaban J connectivity index is -0.000000240. The van der Waals surface area contributed by atoms with Crippen LogP contribution in [0.1, 0.15) is 117 Å². The van der Waals surface area contributed by atoms with E-state index in [4.69, 9.17) is 40.2 Å². The molecule has 1 unspecified atom stereocenters. The first-order valence-electron chi connectivity index (χ1n) is 11.8. The van der Waals surface area contributed by atoms with E-state index in [1.165, 1.54) is 84.0 Å². The Morgan fingerprint density at radius 3 is 1.14 bits per heavy atom. The van der Waals surface area contributed by atoms with Crippen LogP contribution in [0.3, 0.4) is 0 Å². The predicted octanol–water partition coefficient (Wildman–Crippen LogP) is 2.26. The van der Waals surface area contributed by atoms with Crippen LogP contribution in [0.15, 0.2) is 0 Å². The van der Waals surface area contributed by atoms with Crippen LogP contribution in [0.2, 0.25) is 0 Å². The molecule has 0 aromatic heterocycles. The minimum atomic E-state index is -5.17. The third-order valence-electron chi connectivity index (χ3n) is 4.54. The number of rotatable bonds is 17. The predicted molar refractivity (Wildman–Crippen MR) is 135 cm³/mol.